The van der Waals surface area contributed by atoms with Crippen LogP contribution >= 0.6 is 0 Å². The van der Waals surface area contributed by atoms with Crippen molar-refractivity contribution < 1.29 is 0 Å². The van der Waals surface area contributed by atoms with Gasteiger partial charge in [0.25, 0.3) is 0 Å². The number of anilines is 3. The first kappa shape index (κ1) is 35.5. The molecule has 1 heteroatoms. The molecule has 0 fully saturated rings. The van der Waals surface area contributed by atoms with Crippen molar-refractivity contribution in [1.82, 2.24) is 0 Å². The monoisotopic (exact) mass is 777 g/mol. The SMILES string of the molecule is CC1(C)c2ccccc2C2(c3ccccc3-c3ccc(N(c4ccc(-c5ccc6ccc7ccccc7c6c5)cc4)c4ccccc4-c4ccccc4)cc32)c2ccccc21. The van der Waals surface area contributed by atoms with E-state index in [1.54, 1.807) is 0 Å². The Morgan fingerprint density at radius 3 is 1.57 bits per heavy atom. The highest BCUT2D eigenvalue weighted by molar-refractivity contribution is 6.08. The van der Waals surface area contributed by atoms with Crippen molar-refractivity contribution in [3.63, 3.8) is 0 Å². The Bertz CT molecular complexity index is 3290. The van der Waals surface area contributed by atoms with Crippen molar-refractivity contribution in [3.8, 4) is 33.4 Å². The number of para-hydroxylation sites is 1. The highest BCUT2D eigenvalue weighted by Crippen LogP contribution is 2.62. The Kier molecular flexibility index (Phi) is 7.86. The molecule has 0 bridgehead atoms. The van der Waals surface area contributed by atoms with Crippen LogP contribution < -0.4 is 4.90 Å². The Balaban J connectivity index is 1.08. The van der Waals surface area contributed by atoms with Gasteiger partial charge in [0.05, 0.1) is 11.1 Å². The van der Waals surface area contributed by atoms with E-state index in [0.717, 1.165) is 17.1 Å². The van der Waals surface area contributed by atoms with Gasteiger partial charge in [0.15, 0.2) is 0 Å². The van der Waals surface area contributed by atoms with Crippen LogP contribution in [-0.2, 0) is 10.8 Å². The second kappa shape index (κ2) is 13.5. The van der Waals surface area contributed by atoms with E-state index in [9.17, 15) is 0 Å². The lowest BCUT2D eigenvalue weighted by atomic mass is 9.55. The van der Waals surface area contributed by atoms with E-state index < -0.39 is 5.41 Å². The fourth-order valence-corrected chi connectivity index (χ4v) is 10.9. The van der Waals surface area contributed by atoms with E-state index in [2.05, 4.69) is 243 Å². The molecule has 0 saturated carbocycles. The molecule has 288 valence electrons. The number of hydrogen-bond acceptors (Lipinski definition) is 1. The summed E-state index contributed by atoms with van der Waals surface area (Å²) in [5.41, 5.74) is 18.2. The summed E-state index contributed by atoms with van der Waals surface area (Å²) in [6, 6.07) is 83.6. The van der Waals surface area contributed by atoms with E-state index in [0.29, 0.717) is 0 Å². The molecule has 0 heterocycles. The number of rotatable bonds is 5. The highest BCUT2D eigenvalue weighted by Gasteiger charge is 2.53. The first-order valence-corrected chi connectivity index (χ1v) is 21.4. The lowest BCUT2D eigenvalue weighted by molar-refractivity contribution is 0.563. The predicted octanol–water partition coefficient (Wildman–Crippen LogP) is 15.8. The molecule has 2 aliphatic rings. The average Bonchev–Trinajstić information content (AvgIpc) is 3.61. The van der Waals surface area contributed by atoms with Crippen LogP contribution in [0, 0.1) is 0 Å². The van der Waals surface area contributed by atoms with Gasteiger partial charge in [0.1, 0.15) is 0 Å². The highest BCUT2D eigenvalue weighted by atomic mass is 15.1. The van der Waals surface area contributed by atoms with Crippen LogP contribution in [0.4, 0.5) is 17.1 Å². The van der Waals surface area contributed by atoms with E-state index in [-0.39, 0.29) is 5.41 Å². The summed E-state index contributed by atoms with van der Waals surface area (Å²) >= 11 is 0. The molecule has 61 heavy (non-hydrogen) atoms. The fourth-order valence-electron chi connectivity index (χ4n) is 10.9. The van der Waals surface area contributed by atoms with Crippen LogP contribution in [0.25, 0.3) is 54.9 Å². The Labute approximate surface area is 357 Å². The maximum absolute atomic E-state index is 2.51. The molecule has 2 aliphatic carbocycles. The standard InChI is InChI=1S/C60H43N/c1-59(2)53-23-11-13-25-55(53)60(56-26-14-12-24-54(56)59)52-22-10-8-21-49(52)50-37-36-46(39-57(50)60)61(58-27-15-9-20-48(58)41-16-4-3-5-17-41)45-34-32-40(33-35-45)44-31-30-43-29-28-42-18-6-7-19-47(42)51(43)38-44/h3-39H,1-2H3. The number of hydrogen-bond donors (Lipinski definition) is 0. The molecule has 0 saturated heterocycles. The largest absolute Gasteiger partial charge is 0.310 e. The molecule has 0 N–H and O–H groups in total. The first-order valence-electron chi connectivity index (χ1n) is 21.4. The molecule has 12 rings (SSSR count). The van der Waals surface area contributed by atoms with Gasteiger partial charge < -0.3 is 4.90 Å². The Morgan fingerprint density at radius 1 is 0.311 bits per heavy atom. The topological polar surface area (TPSA) is 3.24 Å². The van der Waals surface area contributed by atoms with Crippen LogP contribution in [0.2, 0.25) is 0 Å². The summed E-state index contributed by atoms with van der Waals surface area (Å²) in [5, 5.41) is 5.08. The average molecular weight is 778 g/mol. The second-order valence-electron chi connectivity index (χ2n) is 17.2. The minimum atomic E-state index is -0.487. The lowest BCUT2D eigenvalue weighted by Crippen LogP contribution is -2.40. The molecule has 0 aliphatic heterocycles. The van der Waals surface area contributed by atoms with Crippen molar-refractivity contribution in [2.45, 2.75) is 24.7 Å². The van der Waals surface area contributed by atoms with E-state index >= 15 is 0 Å². The number of fused-ring (bicyclic) bond motifs is 12. The van der Waals surface area contributed by atoms with Gasteiger partial charge in [0, 0.05) is 22.4 Å². The van der Waals surface area contributed by atoms with Crippen molar-refractivity contribution in [2.24, 2.45) is 0 Å². The molecule has 0 aromatic heterocycles. The van der Waals surface area contributed by atoms with Gasteiger partial charge in [-0.3, -0.25) is 0 Å². The smallest absolute Gasteiger partial charge is 0.0720 e. The molecule has 10 aromatic rings. The second-order valence-corrected chi connectivity index (χ2v) is 17.2. The molecular formula is C60H43N. The summed E-state index contributed by atoms with van der Waals surface area (Å²) in [7, 11) is 0. The summed E-state index contributed by atoms with van der Waals surface area (Å²) in [6.45, 7) is 4.78. The number of nitrogens with zero attached hydrogens (tertiary/aromatic N) is 1. The molecule has 1 nitrogen and oxygen atoms in total. The fraction of sp³-hybridized carbons (Fsp3) is 0.0667. The van der Waals surface area contributed by atoms with Gasteiger partial charge in [0.2, 0.25) is 0 Å². The van der Waals surface area contributed by atoms with E-state index in [4.69, 9.17) is 0 Å². The summed E-state index contributed by atoms with van der Waals surface area (Å²) in [4.78, 5) is 2.47. The van der Waals surface area contributed by atoms with Crippen molar-refractivity contribution in [1.29, 1.82) is 0 Å². The lowest BCUT2D eigenvalue weighted by Gasteiger charge is -2.46. The molecule has 0 unspecified atom stereocenters. The van der Waals surface area contributed by atoms with E-state index in [1.165, 1.54) is 88.3 Å². The van der Waals surface area contributed by atoms with Crippen LogP contribution in [0.15, 0.2) is 224 Å². The quantitative estimate of drug-likeness (QED) is 0.157. The van der Waals surface area contributed by atoms with Crippen molar-refractivity contribution in [3.05, 3.63) is 258 Å². The Hall–Kier alpha value is -7.48. The van der Waals surface area contributed by atoms with Gasteiger partial charge in [-0.05, 0) is 119 Å². The maximum Gasteiger partial charge on any atom is 0.0720 e. The predicted molar refractivity (Wildman–Crippen MR) is 256 cm³/mol. The molecule has 1 spiro atoms. The van der Waals surface area contributed by atoms with Gasteiger partial charge in [-0.1, -0.05) is 202 Å². The van der Waals surface area contributed by atoms with Crippen LogP contribution in [0.3, 0.4) is 0 Å². The van der Waals surface area contributed by atoms with Crippen LogP contribution in [0.5, 0.6) is 0 Å². The van der Waals surface area contributed by atoms with Crippen LogP contribution in [-0.4, -0.2) is 0 Å². The molecule has 0 radical (unpaired) electrons. The summed E-state index contributed by atoms with van der Waals surface area (Å²) < 4.78 is 0. The Morgan fingerprint density at radius 2 is 0.836 bits per heavy atom. The maximum atomic E-state index is 2.51. The van der Waals surface area contributed by atoms with Gasteiger partial charge >= 0.3 is 0 Å². The van der Waals surface area contributed by atoms with E-state index in [1.807, 2.05) is 0 Å². The third kappa shape index (κ3) is 5.20. The first-order chi connectivity index (χ1) is 30.0. The molecule has 0 atom stereocenters. The van der Waals surface area contributed by atoms with Crippen molar-refractivity contribution in [2.75, 3.05) is 4.90 Å². The zero-order valence-corrected chi connectivity index (χ0v) is 34.3. The number of benzene rings is 10. The zero-order valence-electron chi connectivity index (χ0n) is 34.3. The van der Waals surface area contributed by atoms with Gasteiger partial charge in [-0.25, -0.2) is 0 Å². The molecule has 10 aromatic carbocycles. The minimum Gasteiger partial charge on any atom is -0.310 e. The van der Waals surface area contributed by atoms with Crippen LogP contribution in [0.1, 0.15) is 47.2 Å². The summed E-state index contributed by atoms with van der Waals surface area (Å²) in [6.07, 6.45) is 0. The third-order valence-electron chi connectivity index (χ3n) is 13.7. The third-order valence-corrected chi connectivity index (χ3v) is 13.7. The molecular weight excluding hydrogens is 735 g/mol. The van der Waals surface area contributed by atoms with Gasteiger partial charge in [-0.15, -0.1) is 0 Å². The summed E-state index contributed by atoms with van der Waals surface area (Å²) in [5.74, 6) is 0. The van der Waals surface area contributed by atoms with Crippen molar-refractivity contribution >= 4 is 38.6 Å². The van der Waals surface area contributed by atoms with Gasteiger partial charge in [-0.2, -0.15) is 0 Å². The normalized spacial score (nSPS) is 14.0. The molecule has 0 amide bonds. The zero-order chi connectivity index (χ0) is 40.7. The minimum absolute atomic E-state index is 0.158.